The van der Waals surface area contributed by atoms with Gasteiger partial charge in [-0.2, -0.15) is 9.61 Å². The molecular formula is C32H46N6O6. The molecule has 1 fully saturated rings. The van der Waals surface area contributed by atoms with Crippen molar-refractivity contribution in [3.8, 4) is 5.75 Å². The van der Waals surface area contributed by atoms with Gasteiger partial charge in [0.15, 0.2) is 11.5 Å². The highest BCUT2D eigenvalue weighted by Gasteiger charge is 2.33. The number of carbonyl (C=O) groups excluding carboxylic acids is 2. The van der Waals surface area contributed by atoms with E-state index in [0.29, 0.717) is 66.8 Å². The molecule has 4 rings (SSSR count). The summed E-state index contributed by atoms with van der Waals surface area (Å²) in [5, 5.41) is 18.0. The van der Waals surface area contributed by atoms with Gasteiger partial charge in [0.1, 0.15) is 22.8 Å². The summed E-state index contributed by atoms with van der Waals surface area (Å²) in [6.07, 6.45) is 3.12. The van der Waals surface area contributed by atoms with Crippen molar-refractivity contribution in [2.75, 3.05) is 36.5 Å². The zero-order valence-corrected chi connectivity index (χ0v) is 26.9. The first-order valence-corrected chi connectivity index (χ1v) is 15.3. The Labute approximate surface area is 259 Å². The van der Waals surface area contributed by atoms with E-state index in [1.165, 1.54) is 4.90 Å². The first-order valence-electron chi connectivity index (χ1n) is 15.3. The van der Waals surface area contributed by atoms with E-state index >= 15 is 0 Å². The normalized spacial score (nSPS) is 15.6. The number of carbonyl (C=O) groups is 2. The van der Waals surface area contributed by atoms with Gasteiger partial charge >= 0.3 is 12.2 Å². The molecular weight excluding hydrogens is 564 g/mol. The van der Waals surface area contributed by atoms with Crippen LogP contribution < -0.4 is 15.0 Å². The molecule has 3 heterocycles. The van der Waals surface area contributed by atoms with E-state index in [-0.39, 0.29) is 18.7 Å². The predicted octanol–water partition coefficient (Wildman–Crippen LogP) is 5.94. The lowest BCUT2D eigenvalue weighted by Gasteiger charge is -2.35. The van der Waals surface area contributed by atoms with Crippen molar-refractivity contribution in [2.24, 2.45) is 0 Å². The molecule has 12 nitrogen and oxygen atoms in total. The fourth-order valence-corrected chi connectivity index (χ4v) is 5.06. The number of piperidine rings is 1. The van der Waals surface area contributed by atoms with Gasteiger partial charge in [-0.3, -0.25) is 0 Å². The van der Waals surface area contributed by atoms with Crippen LogP contribution in [0.1, 0.15) is 73.3 Å². The van der Waals surface area contributed by atoms with E-state index in [0.717, 1.165) is 12.8 Å². The lowest BCUT2D eigenvalue weighted by Crippen LogP contribution is -2.47. The third-order valence-electron chi connectivity index (χ3n) is 6.80. The molecule has 0 aliphatic carbocycles. The molecule has 44 heavy (non-hydrogen) atoms. The first kappa shape index (κ1) is 32.8. The minimum atomic E-state index is -0.767. The van der Waals surface area contributed by atoms with Gasteiger partial charge in [-0.1, -0.05) is 0 Å². The number of amides is 2. The number of likely N-dealkylation sites (tertiary alicyclic amines) is 1. The molecule has 0 saturated carbocycles. The number of anilines is 3. The van der Waals surface area contributed by atoms with Gasteiger partial charge in [-0.05, 0) is 98.4 Å². The van der Waals surface area contributed by atoms with Gasteiger partial charge in [0.05, 0.1) is 18.5 Å². The quantitative estimate of drug-likeness (QED) is 0.302. The Bertz CT molecular complexity index is 1430. The Morgan fingerprint density at radius 1 is 1.07 bits per heavy atom. The topological polar surface area (TPSA) is 131 Å². The summed E-state index contributed by atoms with van der Waals surface area (Å²) in [5.74, 6) is 1.68. The van der Waals surface area contributed by atoms with Crippen molar-refractivity contribution in [2.45, 2.75) is 91.4 Å². The average Bonchev–Trinajstić information content (AvgIpc) is 3.40. The largest absolute Gasteiger partial charge is 0.494 e. The van der Waals surface area contributed by atoms with E-state index < -0.39 is 17.3 Å². The molecule has 0 spiro atoms. The molecule has 12 heteroatoms. The maximum absolute atomic E-state index is 14.0. The molecule has 2 N–H and O–H groups in total. The summed E-state index contributed by atoms with van der Waals surface area (Å²) >= 11 is 0. The summed E-state index contributed by atoms with van der Waals surface area (Å²) in [5.41, 5.74) is 0.399. The summed E-state index contributed by atoms with van der Waals surface area (Å²) in [4.78, 5) is 34.9. The van der Waals surface area contributed by atoms with Crippen LogP contribution >= 0.6 is 0 Å². The molecule has 240 valence electrons. The number of aromatic nitrogens is 3. The molecule has 1 aromatic carbocycles. The van der Waals surface area contributed by atoms with Crippen LogP contribution in [0.4, 0.5) is 26.9 Å². The maximum atomic E-state index is 14.0. The average molecular weight is 611 g/mol. The van der Waals surface area contributed by atoms with Gasteiger partial charge in [-0.25, -0.2) is 19.5 Å². The van der Waals surface area contributed by atoms with Crippen LogP contribution in [0.2, 0.25) is 0 Å². The number of ether oxygens (including phenoxy) is 3. The van der Waals surface area contributed by atoms with Gasteiger partial charge in [0, 0.05) is 37.4 Å². The molecule has 2 aromatic heterocycles. The third-order valence-corrected chi connectivity index (χ3v) is 6.80. The first-order chi connectivity index (χ1) is 20.8. The van der Waals surface area contributed by atoms with Crippen LogP contribution in [0.3, 0.4) is 0 Å². The van der Waals surface area contributed by atoms with Crippen LogP contribution in [0.25, 0.3) is 5.65 Å². The Kier molecular flexibility index (Phi) is 10.2. The van der Waals surface area contributed by atoms with Crippen LogP contribution in [0.5, 0.6) is 5.75 Å². The lowest BCUT2D eigenvalue weighted by atomic mass is 10.0. The predicted molar refractivity (Wildman–Crippen MR) is 169 cm³/mol. The smallest absolute Gasteiger partial charge is 0.420 e. The minimum Gasteiger partial charge on any atom is -0.494 e. The second-order valence-corrected chi connectivity index (χ2v) is 12.8. The second-order valence-electron chi connectivity index (χ2n) is 12.8. The third kappa shape index (κ3) is 8.31. The fraction of sp³-hybridized carbons (Fsp3) is 0.562. The number of rotatable bonds is 9. The molecule has 3 aromatic rings. The number of hydrogen-bond donors (Lipinski definition) is 2. The SMILES string of the molecule is CCOc1ccc(N(C(=O)OC(C)(C)C)c2c(CCCO)c(NC3CCCN(C(=O)OC(C)(C)C)C3)nc3ccnn23)cc1. The number of aliphatic hydroxyl groups is 1. The number of hydrogen-bond acceptors (Lipinski definition) is 9. The lowest BCUT2D eigenvalue weighted by molar-refractivity contribution is 0.0206. The molecule has 2 amide bonds. The Balaban J connectivity index is 1.81. The van der Waals surface area contributed by atoms with Crippen molar-refractivity contribution in [1.82, 2.24) is 19.5 Å². The van der Waals surface area contributed by atoms with Crippen LogP contribution in [0, 0.1) is 0 Å². The monoisotopic (exact) mass is 610 g/mol. The highest BCUT2D eigenvalue weighted by molar-refractivity contribution is 5.97. The van der Waals surface area contributed by atoms with E-state index in [1.807, 2.05) is 48.5 Å². The summed E-state index contributed by atoms with van der Waals surface area (Å²) in [7, 11) is 0. The maximum Gasteiger partial charge on any atom is 0.420 e. The van der Waals surface area contributed by atoms with Crippen LogP contribution in [0.15, 0.2) is 36.5 Å². The Morgan fingerprint density at radius 2 is 1.77 bits per heavy atom. The highest BCUT2D eigenvalue weighted by atomic mass is 16.6. The standard InChI is InChI=1S/C32H46N6O6/c1-8-42-24-15-13-23(14-16-24)37(30(41)44-32(5,6)7)28-25(12-10-20-39)27(35-26-17-18-33-38(26)28)34-22-11-9-19-36(21-22)29(40)43-31(2,3)4/h13-18,22,39H,8-12,19-21H2,1-7H3,(H,34,35). The van der Waals surface area contributed by atoms with Crippen molar-refractivity contribution in [3.05, 3.63) is 42.1 Å². The van der Waals surface area contributed by atoms with Crippen molar-refractivity contribution in [1.29, 1.82) is 0 Å². The highest BCUT2D eigenvalue weighted by Crippen LogP contribution is 2.36. The molecule has 0 radical (unpaired) electrons. The van der Waals surface area contributed by atoms with Crippen molar-refractivity contribution in [3.63, 3.8) is 0 Å². The number of fused-ring (bicyclic) bond motifs is 1. The van der Waals surface area contributed by atoms with E-state index in [1.54, 1.807) is 45.9 Å². The number of aliphatic hydroxyl groups excluding tert-OH is 1. The number of nitrogens with zero attached hydrogens (tertiary/aromatic N) is 5. The van der Waals surface area contributed by atoms with Crippen molar-refractivity contribution < 1.29 is 28.9 Å². The summed E-state index contributed by atoms with van der Waals surface area (Å²) in [6, 6.07) is 8.86. The number of nitrogens with one attached hydrogen (secondary N) is 1. The molecule has 1 atom stereocenters. The fourth-order valence-electron chi connectivity index (χ4n) is 5.06. The summed E-state index contributed by atoms with van der Waals surface area (Å²) in [6.45, 7) is 14.4. The van der Waals surface area contributed by atoms with E-state index in [4.69, 9.17) is 19.2 Å². The molecule has 1 unspecified atom stereocenters. The van der Waals surface area contributed by atoms with Gasteiger partial charge in [0.25, 0.3) is 0 Å². The van der Waals surface area contributed by atoms with Gasteiger partial charge in [0.2, 0.25) is 0 Å². The Hall–Kier alpha value is -4.06. The van der Waals surface area contributed by atoms with Crippen LogP contribution in [-0.4, -0.2) is 80.3 Å². The minimum absolute atomic E-state index is 0.0542. The molecule has 1 aliphatic rings. The van der Waals surface area contributed by atoms with E-state index in [2.05, 4.69) is 10.4 Å². The summed E-state index contributed by atoms with van der Waals surface area (Å²) < 4.78 is 18.8. The van der Waals surface area contributed by atoms with Gasteiger partial charge < -0.3 is 29.5 Å². The van der Waals surface area contributed by atoms with Crippen molar-refractivity contribution >= 4 is 35.2 Å². The molecule has 1 aliphatic heterocycles. The van der Waals surface area contributed by atoms with E-state index in [9.17, 15) is 14.7 Å². The molecule has 0 bridgehead atoms. The van der Waals surface area contributed by atoms with Crippen LogP contribution in [-0.2, 0) is 15.9 Å². The number of benzene rings is 1. The zero-order valence-electron chi connectivity index (χ0n) is 26.9. The Morgan fingerprint density at radius 3 is 2.41 bits per heavy atom. The molecule has 1 saturated heterocycles. The van der Waals surface area contributed by atoms with Gasteiger partial charge in [-0.15, -0.1) is 0 Å². The zero-order chi connectivity index (χ0) is 32.1. The second kappa shape index (κ2) is 13.7.